The number of rotatable bonds is 3. The van der Waals surface area contributed by atoms with E-state index in [1.54, 1.807) is 13.3 Å². The lowest BCUT2D eigenvalue weighted by molar-refractivity contribution is 1.40. The van der Waals surface area contributed by atoms with E-state index in [0.29, 0.717) is 12.1 Å². The summed E-state index contributed by atoms with van der Waals surface area (Å²) in [6, 6.07) is 0. The van der Waals surface area contributed by atoms with Crippen molar-refractivity contribution in [3.05, 3.63) is 12.7 Å². The van der Waals surface area contributed by atoms with Crippen molar-refractivity contribution in [3.63, 3.8) is 0 Å². The molecule has 0 fully saturated rings. The summed E-state index contributed by atoms with van der Waals surface area (Å²) in [4.78, 5) is 3.71. The molecule has 0 aliphatic carbocycles. The molecule has 0 aromatic carbocycles. The number of nitrogens with zero attached hydrogens (tertiary/aromatic N) is 1. The summed E-state index contributed by atoms with van der Waals surface area (Å²) in [7, 11) is 1.69. The zero-order valence-electron chi connectivity index (χ0n) is 5.02. The Kier molecular flexibility index (Phi) is 3.76. The van der Waals surface area contributed by atoms with Gasteiger partial charge in [-0.25, -0.2) is 0 Å². The Hall–Kier alpha value is -0.920. The van der Waals surface area contributed by atoms with Gasteiger partial charge in [0.2, 0.25) is 0 Å². The molecule has 0 saturated carbocycles. The molecule has 1 N–H and O–H groups in total. The number of hydrogen-bond donors (Lipinski definition) is 1. The molecule has 0 aliphatic rings. The van der Waals surface area contributed by atoms with Crippen LogP contribution in [0.3, 0.4) is 0 Å². The summed E-state index contributed by atoms with van der Waals surface area (Å²) < 4.78 is 0. The largest absolute Gasteiger partial charge is 0.305 e. The van der Waals surface area contributed by atoms with E-state index in [0.717, 1.165) is 0 Å². The van der Waals surface area contributed by atoms with Gasteiger partial charge in [0.15, 0.2) is 0 Å². The third-order valence-electron chi connectivity index (χ3n) is 0.740. The van der Waals surface area contributed by atoms with Crippen LogP contribution in [-0.2, 0) is 0 Å². The Morgan fingerprint density at radius 2 is 2.50 bits per heavy atom. The minimum absolute atomic E-state index is 0.510. The maximum Gasteiger partial charge on any atom is 0.0361 e. The van der Waals surface area contributed by atoms with Crippen molar-refractivity contribution in [2.45, 2.75) is 6.42 Å². The summed E-state index contributed by atoms with van der Waals surface area (Å²) in [6.07, 6.45) is 3.80. The average molecular weight is 110 g/mol. The summed E-state index contributed by atoms with van der Waals surface area (Å²) in [5.74, 6) is 0. The van der Waals surface area contributed by atoms with Gasteiger partial charge in [0, 0.05) is 25.4 Å². The van der Waals surface area contributed by atoms with Crippen LogP contribution >= 0.6 is 0 Å². The van der Waals surface area contributed by atoms with Crippen LogP contribution in [0.4, 0.5) is 0 Å². The van der Waals surface area contributed by atoms with Crippen LogP contribution in [0.15, 0.2) is 17.6 Å². The molecular formula is C6H10N2. The van der Waals surface area contributed by atoms with Crippen LogP contribution < -0.4 is 0 Å². The molecule has 0 aromatic rings. The Labute approximate surface area is 49.5 Å². The lowest BCUT2D eigenvalue weighted by Gasteiger charge is -1.84. The second-order valence-electron chi connectivity index (χ2n) is 1.37. The van der Waals surface area contributed by atoms with Crippen LogP contribution in [0.25, 0.3) is 0 Å². The quantitative estimate of drug-likeness (QED) is 0.531. The van der Waals surface area contributed by atoms with Crippen LogP contribution in [-0.4, -0.2) is 19.0 Å². The number of allylic oxidation sites excluding steroid dienone is 1. The maximum absolute atomic E-state index is 7.03. The van der Waals surface area contributed by atoms with Crippen molar-refractivity contribution in [1.29, 1.82) is 5.41 Å². The molecule has 8 heavy (non-hydrogen) atoms. The minimum atomic E-state index is 0.510. The third kappa shape index (κ3) is 3.28. The molecule has 0 saturated heterocycles. The molecule has 0 bridgehead atoms. The first-order valence-corrected chi connectivity index (χ1v) is 2.41. The predicted octanol–water partition coefficient (Wildman–Crippen LogP) is 1.28. The first-order chi connectivity index (χ1) is 3.81. The predicted molar refractivity (Wildman–Crippen MR) is 37.0 cm³/mol. The van der Waals surface area contributed by atoms with E-state index in [1.807, 2.05) is 0 Å². The number of nitrogens with one attached hydrogen (secondary N) is 1. The highest BCUT2D eigenvalue weighted by Crippen LogP contribution is 1.78. The van der Waals surface area contributed by atoms with E-state index in [1.165, 1.54) is 6.08 Å². The Morgan fingerprint density at radius 3 is 2.88 bits per heavy atom. The van der Waals surface area contributed by atoms with Crippen LogP contribution in [0.5, 0.6) is 0 Å². The summed E-state index contributed by atoms with van der Waals surface area (Å²) in [6.45, 7) is 3.43. The highest BCUT2D eigenvalue weighted by atomic mass is 14.6. The monoisotopic (exact) mass is 110 g/mol. The van der Waals surface area contributed by atoms with Gasteiger partial charge in [0.1, 0.15) is 0 Å². The molecule has 0 radical (unpaired) electrons. The standard InChI is InChI=1S/C6H10N2/c1-3-6(7)4-5-8-2/h3,5,7H,1,4H2,2H3. The van der Waals surface area contributed by atoms with E-state index in [2.05, 4.69) is 11.6 Å². The summed E-state index contributed by atoms with van der Waals surface area (Å²) in [5, 5.41) is 7.03. The van der Waals surface area contributed by atoms with E-state index in [4.69, 9.17) is 5.41 Å². The van der Waals surface area contributed by atoms with Crippen LogP contribution in [0.2, 0.25) is 0 Å². The second kappa shape index (κ2) is 4.24. The summed E-state index contributed by atoms with van der Waals surface area (Å²) >= 11 is 0. The molecule has 2 nitrogen and oxygen atoms in total. The van der Waals surface area contributed by atoms with Crippen LogP contribution in [0.1, 0.15) is 6.42 Å². The molecule has 0 rings (SSSR count). The van der Waals surface area contributed by atoms with E-state index in [-0.39, 0.29) is 0 Å². The molecule has 0 amide bonds. The Bertz CT molecular complexity index is 114. The molecule has 0 aliphatic heterocycles. The summed E-state index contributed by atoms with van der Waals surface area (Å²) in [5.41, 5.74) is 0.510. The molecule has 0 unspecified atom stereocenters. The van der Waals surface area contributed by atoms with Crippen LogP contribution in [0, 0.1) is 5.41 Å². The molecule has 0 atom stereocenters. The minimum Gasteiger partial charge on any atom is -0.305 e. The maximum atomic E-state index is 7.03. The molecule has 2 heteroatoms. The van der Waals surface area contributed by atoms with Crippen molar-refractivity contribution < 1.29 is 0 Å². The smallest absolute Gasteiger partial charge is 0.0361 e. The van der Waals surface area contributed by atoms with Crippen molar-refractivity contribution in [2.24, 2.45) is 4.99 Å². The van der Waals surface area contributed by atoms with Gasteiger partial charge < -0.3 is 10.4 Å². The average Bonchev–Trinajstić information content (AvgIpc) is 1.83. The first kappa shape index (κ1) is 7.08. The fraction of sp³-hybridized carbons (Fsp3) is 0.333. The Morgan fingerprint density at radius 1 is 1.88 bits per heavy atom. The molecular weight excluding hydrogens is 100 g/mol. The Balaban J connectivity index is 3.39. The molecule has 0 heterocycles. The SMILES string of the molecule is C=CC(=N)CC=NC. The highest BCUT2D eigenvalue weighted by molar-refractivity contribution is 6.00. The highest BCUT2D eigenvalue weighted by Gasteiger charge is 1.81. The van der Waals surface area contributed by atoms with Crippen molar-refractivity contribution in [3.8, 4) is 0 Å². The topological polar surface area (TPSA) is 36.2 Å². The van der Waals surface area contributed by atoms with E-state index >= 15 is 0 Å². The molecule has 0 spiro atoms. The van der Waals surface area contributed by atoms with Gasteiger partial charge in [-0.05, 0) is 6.08 Å². The van der Waals surface area contributed by atoms with Gasteiger partial charge in [-0.1, -0.05) is 6.58 Å². The lowest BCUT2D eigenvalue weighted by atomic mass is 10.3. The molecule has 0 aromatic heterocycles. The fourth-order valence-corrected chi connectivity index (χ4v) is 0.273. The van der Waals surface area contributed by atoms with E-state index < -0.39 is 0 Å². The first-order valence-electron chi connectivity index (χ1n) is 2.41. The van der Waals surface area contributed by atoms with Crippen molar-refractivity contribution in [1.82, 2.24) is 0 Å². The normalized spacial score (nSPS) is 9.62. The van der Waals surface area contributed by atoms with Crippen molar-refractivity contribution in [2.75, 3.05) is 7.05 Å². The lowest BCUT2D eigenvalue weighted by Crippen LogP contribution is -1.89. The van der Waals surface area contributed by atoms with Gasteiger partial charge in [-0.2, -0.15) is 0 Å². The fourth-order valence-electron chi connectivity index (χ4n) is 0.273. The number of hydrogen-bond acceptors (Lipinski definition) is 2. The zero-order valence-corrected chi connectivity index (χ0v) is 5.02. The number of aliphatic imine (C=N–C) groups is 1. The van der Waals surface area contributed by atoms with Gasteiger partial charge in [0.25, 0.3) is 0 Å². The molecule has 44 valence electrons. The van der Waals surface area contributed by atoms with Gasteiger partial charge in [-0.3, -0.25) is 0 Å². The zero-order chi connectivity index (χ0) is 6.41. The van der Waals surface area contributed by atoms with E-state index in [9.17, 15) is 0 Å². The van der Waals surface area contributed by atoms with Gasteiger partial charge in [0.05, 0.1) is 0 Å². The van der Waals surface area contributed by atoms with Gasteiger partial charge >= 0.3 is 0 Å². The second-order valence-corrected chi connectivity index (χ2v) is 1.37. The third-order valence-corrected chi connectivity index (χ3v) is 0.740. The van der Waals surface area contributed by atoms with Gasteiger partial charge in [-0.15, -0.1) is 0 Å². The van der Waals surface area contributed by atoms with Crippen molar-refractivity contribution >= 4 is 11.9 Å².